The number of rotatable bonds is 7. The maximum absolute atomic E-state index is 12.4. The van der Waals surface area contributed by atoms with E-state index < -0.39 is 14.9 Å². The quantitative estimate of drug-likeness (QED) is 0.439. The minimum atomic E-state index is -3.96. The van der Waals surface area contributed by atoms with Crippen molar-refractivity contribution in [3.63, 3.8) is 0 Å². The van der Waals surface area contributed by atoms with E-state index in [9.17, 15) is 18.5 Å². The Hall–Kier alpha value is -1.72. The number of sulfonamides is 1. The highest BCUT2D eigenvalue weighted by Crippen LogP contribution is 2.29. The molecule has 11 heteroatoms. The number of hydrogen-bond donors (Lipinski definition) is 1. The Kier molecular flexibility index (Phi) is 5.78. The number of nitro groups is 1. The van der Waals surface area contributed by atoms with Crippen LogP contribution in [0.5, 0.6) is 0 Å². The van der Waals surface area contributed by atoms with Gasteiger partial charge in [-0.3, -0.25) is 14.8 Å². The molecule has 24 heavy (non-hydrogen) atoms. The van der Waals surface area contributed by atoms with Crippen LogP contribution >= 0.6 is 23.1 Å². The zero-order valence-electron chi connectivity index (χ0n) is 13.2. The van der Waals surface area contributed by atoms with E-state index in [1.54, 1.807) is 6.92 Å². The molecule has 0 saturated carbocycles. The maximum atomic E-state index is 12.4. The lowest BCUT2D eigenvalue weighted by molar-refractivity contribution is -0.385. The summed E-state index contributed by atoms with van der Waals surface area (Å²) in [6, 6.07) is 3.75. The van der Waals surface area contributed by atoms with Gasteiger partial charge in [0.05, 0.1) is 9.82 Å². The highest BCUT2D eigenvalue weighted by Gasteiger charge is 2.21. The van der Waals surface area contributed by atoms with Crippen LogP contribution in [0.1, 0.15) is 19.4 Å². The molecule has 0 amide bonds. The SMILES string of the molecule is Cc1ccc(S(=O)(=O)Nc2nnc(SCC(C)C)s2)cc1[N+](=O)[O-]. The molecule has 1 heterocycles. The van der Waals surface area contributed by atoms with Gasteiger partial charge >= 0.3 is 0 Å². The summed E-state index contributed by atoms with van der Waals surface area (Å²) in [5, 5.41) is 18.8. The van der Waals surface area contributed by atoms with Gasteiger partial charge in [0.2, 0.25) is 5.13 Å². The van der Waals surface area contributed by atoms with Gasteiger partial charge < -0.3 is 0 Å². The largest absolute Gasteiger partial charge is 0.273 e. The van der Waals surface area contributed by atoms with Crippen LogP contribution < -0.4 is 4.72 Å². The Bertz CT molecular complexity index is 849. The van der Waals surface area contributed by atoms with E-state index >= 15 is 0 Å². The van der Waals surface area contributed by atoms with Crippen molar-refractivity contribution < 1.29 is 13.3 Å². The molecule has 0 aliphatic carbocycles. The molecular weight excluding hydrogens is 372 g/mol. The van der Waals surface area contributed by atoms with Crippen molar-refractivity contribution in [3.05, 3.63) is 33.9 Å². The molecule has 8 nitrogen and oxygen atoms in total. The summed E-state index contributed by atoms with van der Waals surface area (Å²) in [5.41, 5.74) is 0.144. The first-order valence-electron chi connectivity index (χ1n) is 6.93. The van der Waals surface area contributed by atoms with Crippen LogP contribution in [0.3, 0.4) is 0 Å². The van der Waals surface area contributed by atoms with Gasteiger partial charge in [0.25, 0.3) is 15.7 Å². The standard InChI is InChI=1S/C13H16N4O4S3/c1-8(2)7-22-13-15-14-12(23-13)16-24(20,21)10-5-4-9(3)11(6-10)17(18)19/h4-6,8H,7H2,1-3H3,(H,14,16). The molecule has 0 saturated heterocycles. The molecule has 2 aromatic rings. The van der Waals surface area contributed by atoms with Crippen molar-refractivity contribution in [2.24, 2.45) is 5.92 Å². The van der Waals surface area contributed by atoms with Crippen LogP contribution in [0.25, 0.3) is 0 Å². The third kappa shape index (κ3) is 4.65. The topological polar surface area (TPSA) is 115 Å². The Labute approximate surface area is 147 Å². The molecule has 0 fully saturated rings. The summed E-state index contributed by atoms with van der Waals surface area (Å²) in [6.07, 6.45) is 0. The molecule has 0 bridgehead atoms. The van der Waals surface area contributed by atoms with E-state index in [4.69, 9.17) is 0 Å². The summed E-state index contributed by atoms with van der Waals surface area (Å²) in [6.45, 7) is 5.69. The first-order chi connectivity index (χ1) is 11.2. The van der Waals surface area contributed by atoms with Crippen LogP contribution in [0.4, 0.5) is 10.8 Å². The molecule has 0 atom stereocenters. The number of aryl methyl sites for hydroxylation is 1. The average molecular weight is 388 g/mol. The van der Waals surface area contributed by atoms with E-state index in [2.05, 4.69) is 28.8 Å². The number of hydrogen-bond acceptors (Lipinski definition) is 8. The molecule has 1 aromatic carbocycles. The summed E-state index contributed by atoms with van der Waals surface area (Å²) in [7, 11) is -3.96. The second-order valence-corrected chi connectivity index (χ2v) is 9.32. The Morgan fingerprint density at radius 3 is 2.71 bits per heavy atom. The fourth-order valence-electron chi connectivity index (χ4n) is 1.67. The third-order valence-electron chi connectivity index (χ3n) is 2.86. The smallest absolute Gasteiger partial charge is 0.258 e. The van der Waals surface area contributed by atoms with Gasteiger partial charge in [-0.15, -0.1) is 10.2 Å². The number of benzene rings is 1. The minimum Gasteiger partial charge on any atom is -0.258 e. The zero-order chi connectivity index (χ0) is 17.9. The highest BCUT2D eigenvalue weighted by molar-refractivity contribution is 8.01. The first kappa shape index (κ1) is 18.6. The van der Waals surface area contributed by atoms with E-state index in [1.807, 2.05) is 0 Å². The van der Waals surface area contributed by atoms with Crippen LogP contribution in [-0.4, -0.2) is 29.3 Å². The van der Waals surface area contributed by atoms with Crippen LogP contribution in [0.2, 0.25) is 0 Å². The van der Waals surface area contributed by atoms with Crippen LogP contribution in [0.15, 0.2) is 27.4 Å². The average Bonchev–Trinajstić information content (AvgIpc) is 2.91. The van der Waals surface area contributed by atoms with E-state index in [0.29, 0.717) is 15.8 Å². The minimum absolute atomic E-state index is 0.129. The number of nitrogens with zero attached hydrogens (tertiary/aromatic N) is 3. The molecule has 1 aromatic heterocycles. The lowest BCUT2D eigenvalue weighted by atomic mass is 10.2. The second-order valence-electron chi connectivity index (χ2n) is 5.39. The maximum Gasteiger partial charge on any atom is 0.273 e. The molecule has 1 N–H and O–H groups in total. The number of thioether (sulfide) groups is 1. The molecule has 130 valence electrons. The monoisotopic (exact) mass is 388 g/mol. The second kappa shape index (κ2) is 7.45. The van der Waals surface area contributed by atoms with Gasteiger partial charge in [0, 0.05) is 17.4 Å². The van der Waals surface area contributed by atoms with Crippen molar-refractivity contribution >= 4 is 43.9 Å². The predicted octanol–water partition coefficient (Wildman–Crippen LogP) is 3.30. The number of nitro benzene ring substituents is 1. The molecule has 0 aliphatic heterocycles. The Morgan fingerprint density at radius 1 is 1.38 bits per heavy atom. The number of nitrogens with one attached hydrogen (secondary N) is 1. The van der Waals surface area contributed by atoms with Crippen molar-refractivity contribution in [1.82, 2.24) is 10.2 Å². The third-order valence-corrected chi connectivity index (χ3v) is 6.72. The van der Waals surface area contributed by atoms with Crippen LogP contribution in [0, 0.1) is 23.0 Å². The summed E-state index contributed by atoms with van der Waals surface area (Å²) < 4.78 is 27.7. The first-order valence-corrected chi connectivity index (χ1v) is 10.2. The molecule has 0 radical (unpaired) electrons. The molecule has 0 spiro atoms. The van der Waals surface area contributed by atoms with Gasteiger partial charge in [0.15, 0.2) is 4.34 Å². The molecular formula is C13H16N4O4S3. The summed E-state index contributed by atoms with van der Waals surface area (Å²) in [5.74, 6) is 1.33. The Morgan fingerprint density at radius 2 is 2.08 bits per heavy atom. The molecule has 0 unspecified atom stereocenters. The fourth-order valence-corrected chi connectivity index (χ4v) is 4.65. The van der Waals surface area contributed by atoms with E-state index in [1.165, 1.54) is 23.9 Å². The number of aromatic nitrogens is 2. The van der Waals surface area contributed by atoms with E-state index in [-0.39, 0.29) is 15.7 Å². The molecule has 2 rings (SSSR count). The van der Waals surface area contributed by atoms with Gasteiger partial charge in [-0.2, -0.15) is 0 Å². The lowest BCUT2D eigenvalue weighted by Gasteiger charge is -2.05. The highest BCUT2D eigenvalue weighted by atomic mass is 32.2. The van der Waals surface area contributed by atoms with Crippen molar-refractivity contribution in [3.8, 4) is 0 Å². The van der Waals surface area contributed by atoms with Gasteiger partial charge in [0.1, 0.15) is 0 Å². The van der Waals surface area contributed by atoms with Crippen molar-refractivity contribution in [1.29, 1.82) is 0 Å². The summed E-state index contributed by atoms with van der Waals surface area (Å²) in [4.78, 5) is 10.2. The lowest BCUT2D eigenvalue weighted by Crippen LogP contribution is -2.13. The van der Waals surface area contributed by atoms with Crippen LogP contribution in [-0.2, 0) is 10.0 Å². The van der Waals surface area contributed by atoms with Crippen molar-refractivity contribution in [2.75, 3.05) is 10.5 Å². The van der Waals surface area contributed by atoms with Gasteiger partial charge in [-0.05, 0) is 18.9 Å². The zero-order valence-corrected chi connectivity index (χ0v) is 15.7. The summed E-state index contributed by atoms with van der Waals surface area (Å²) >= 11 is 2.63. The molecule has 0 aliphatic rings. The predicted molar refractivity (Wildman–Crippen MR) is 94.1 cm³/mol. The Balaban J connectivity index is 2.20. The van der Waals surface area contributed by atoms with Gasteiger partial charge in [-0.25, -0.2) is 8.42 Å². The normalized spacial score (nSPS) is 11.7. The fraction of sp³-hybridized carbons (Fsp3) is 0.385. The van der Waals surface area contributed by atoms with E-state index in [0.717, 1.165) is 23.2 Å². The van der Waals surface area contributed by atoms with Gasteiger partial charge in [-0.1, -0.05) is 43.0 Å². The van der Waals surface area contributed by atoms with Crippen molar-refractivity contribution in [2.45, 2.75) is 30.0 Å². The number of anilines is 1.